The number of carbonyl (C=O) groups excluding carboxylic acids is 3. The Hall–Kier alpha value is -3.23. The quantitative estimate of drug-likeness (QED) is 0.439. The van der Waals surface area contributed by atoms with Gasteiger partial charge >= 0.3 is 0 Å². The van der Waals surface area contributed by atoms with Gasteiger partial charge in [-0.25, -0.2) is 0 Å². The number of carbonyl (C=O) groups is 3. The molecule has 0 saturated heterocycles. The maximum Gasteiger partial charge on any atom is 0.206 e. The Morgan fingerprint density at radius 3 is 2.37 bits per heavy atom. The van der Waals surface area contributed by atoms with Crippen molar-refractivity contribution in [1.29, 1.82) is 0 Å². The van der Waals surface area contributed by atoms with Crippen LogP contribution in [0.25, 0.3) is 10.8 Å². The molecule has 0 aromatic heterocycles. The first kappa shape index (κ1) is 20.1. The van der Waals surface area contributed by atoms with Gasteiger partial charge < -0.3 is 26.2 Å². The maximum atomic E-state index is 13.5. The van der Waals surface area contributed by atoms with Crippen LogP contribution in [0.1, 0.15) is 34.0 Å². The van der Waals surface area contributed by atoms with Crippen LogP contribution < -0.4 is 5.73 Å². The summed E-state index contributed by atoms with van der Waals surface area (Å²) in [6.45, 7) is 4.35. The van der Waals surface area contributed by atoms with E-state index < -0.39 is 52.0 Å². The van der Waals surface area contributed by atoms with Gasteiger partial charge in [0.05, 0.1) is 17.0 Å². The molecular weight excluding hydrogens is 390 g/mol. The molecule has 0 amide bonds. The van der Waals surface area contributed by atoms with E-state index in [0.29, 0.717) is 22.1 Å². The summed E-state index contributed by atoms with van der Waals surface area (Å²) in [5, 5.41) is 43.9. The van der Waals surface area contributed by atoms with Crippen LogP contribution in [0.2, 0.25) is 0 Å². The summed E-state index contributed by atoms with van der Waals surface area (Å²) in [5.41, 5.74) is 3.80. The lowest BCUT2D eigenvalue weighted by Crippen LogP contribution is -2.63. The number of benzene rings is 2. The summed E-state index contributed by atoms with van der Waals surface area (Å²) in [6, 6.07) is 1.97. The minimum absolute atomic E-state index is 0.0492. The smallest absolute Gasteiger partial charge is 0.206 e. The Morgan fingerprint density at radius 1 is 1.13 bits per heavy atom. The lowest BCUT2D eigenvalue weighted by molar-refractivity contribution is -0.127. The highest BCUT2D eigenvalue weighted by molar-refractivity contribution is 6.25. The zero-order valence-corrected chi connectivity index (χ0v) is 16.6. The topological polar surface area (TPSA) is 158 Å². The van der Waals surface area contributed by atoms with Gasteiger partial charge in [-0.2, -0.15) is 0 Å². The summed E-state index contributed by atoms with van der Waals surface area (Å²) in [5.74, 6) is -5.76. The minimum atomic E-state index is -2.64. The molecule has 4 rings (SSSR count). The fraction of sp³-hybridized carbons (Fsp3) is 0.318. The second-order valence-electron chi connectivity index (χ2n) is 8.06. The van der Waals surface area contributed by atoms with E-state index in [9.17, 15) is 34.8 Å². The van der Waals surface area contributed by atoms with Gasteiger partial charge in [0, 0.05) is 5.92 Å². The summed E-state index contributed by atoms with van der Waals surface area (Å²) in [7, 11) is 0. The summed E-state index contributed by atoms with van der Waals surface area (Å²) in [6.07, 6.45) is -0.0936. The van der Waals surface area contributed by atoms with Crippen molar-refractivity contribution in [2.24, 2.45) is 11.7 Å². The number of phenols is 2. The summed E-state index contributed by atoms with van der Waals surface area (Å²) >= 11 is 0. The molecule has 0 spiro atoms. The zero-order valence-electron chi connectivity index (χ0n) is 16.6. The molecule has 156 valence electrons. The maximum absolute atomic E-state index is 13.5. The Balaban J connectivity index is 2.11. The number of aliphatic hydroxyl groups excluding tert-OH is 1. The first-order valence-electron chi connectivity index (χ1n) is 9.42. The molecule has 2 aliphatic carbocycles. The molecule has 3 atom stereocenters. The number of Topliss-reactive ketones (excluding diaryl/α,β-unsaturated/α-hetero) is 3. The molecule has 2 aromatic carbocycles. The van der Waals surface area contributed by atoms with Crippen LogP contribution in [0.5, 0.6) is 11.5 Å². The molecule has 2 aliphatic rings. The van der Waals surface area contributed by atoms with Crippen molar-refractivity contribution < 1.29 is 34.8 Å². The molecule has 0 unspecified atom stereocenters. The van der Waals surface area contributed by atoms with Gasteiger partial charge in [0.15, 0.2) is 17.2 Å². The molecule has 0 bridgehead atoms. The highest BCUT2D eigenvalue weighted by Crippen LogP contribution is 2.50. The number of aryl methyl sites for hydroxylation is 2. The van der Waals surface area contributed by atoms with Crippen LogP contribution in [0.3, 0.4) is 0 Å². The van der Waals surface area contributed by atoms with E-state index in [1.165, 1.54) is 0 Å². The van der Waals surface area contributed by atoms with Crippen molar-refractivity contribution in [3.05, 3.63) is 45.7 Å². The third kappa shape index (κ3) is 2.20. The van der Waals surface area contributed by atoms with E-state index in [-0.39, 0.29) is 23.1 Å². The van der Waals surface area contributed by atoms with Crippen LogP contribution in [0, 0.1) is 19.8 Å². The van der Waals surface area contributed by atoms with E-state index in [1.807, 2.05) is 0 Å². The average molecular weight is 411 g/mol. The van der Waals surface area contributed by atoms with Gasteiger partial charge in [-0.15, -0.1) is 0 Å². The van der Waals surface area contributed by atoms with Crippen LogP contribution in [-0.4, -0.2) is 49.4 Å². The van der Waals surface area contributed by atoms with Gasteiger partial charge in [-0.05, 0) is 49.3 Å². The highest BCUT2D eigenvalue weighted by atomic mass is 16.3. The van der Waals surface area contributed by atoms with E-state index in [4.69, 9.17) is 5.73 Å². The van der Waals surface area contributed by atoms with Crippen LogP contribution in [0.4, 0.5) is 0 Å². The molecule has 0 saturated carbocycles. The van der Waals surface area contributed by atoms with Crippen LogP contribution in [0.15, 0.2) is 23.5 Å². The van der Waals surface area contributed by atoms with Crippen molar-refractivity contribution in [2.75, 3.05) is 0 Å². The lowest BCUT2D eigenvalue weighted by Gasteiger charge is -2.45. The first-order chi connectivity index (χ1) is 13.9. The highest BCUT2D eigenvalue weighted by Gasteiger charge is 2.60. The Morgan fingerprint density at radius 2 is 1.77 bits per heavy atom. The van der Waals surface area contributed by atoms with Crippen molar-refractivity contribution in [3.63, 3.8) is 0 Å². The minimum Gasteiger partial charge on any atom is -0.508 e. The zero-order chi connectivity index (χ0) is 22.3. The van der Waals surface area contributed by atoms with E-state index >= 15 is 0 Å². The number of fused-ring (bicyclic) bond motifs is 3. The second-order valence-corrected chi connectivity index (χ2v) is 8.06. The van der Waals surface area contributed by atoms with Crippen molar-refractivity contribution in [1.82, 2.24) is 0 Å². The van der Waals surface area contributed by atoms with Gasteiger partial charge in [-0.1, -0.05) is 12.1 Å². The van der Waals surface area contributed by atoms with Gasteiger partial charge in [0.1, 0.15) is 22.8 Å². The predicted octanol–water partition coefficient (Wildman–Crippen LogP) is 1.27. The molecule has 2 aromatic rings. The Kier molecular flexibility index (Phi) is 4.10. The van der Waals surface area contributed by atoms with Gasteiger partial charge in [0.25, 0.3) is 0 Å². The predicted molar refractivity (Wildman–Crippen MR) is 107 cm³/mol. The first-order valence-corrected chi connectivity index (χ1v) is 9.42. The van der Waals surface area contributed by atoms with E-state index in [1.54, 1.807) is 26.0 Å². The third-order valence-electron chi connectivity index (χ3n) is 6.48. The van der Waals surface area contributed by atoms with Crippen molar-refractivity contribution in [3.8, 4) is 11.5 Å². The monoisotopic (exact) mass is 411 g/mol. The number of ketones is 3. The fourth-order valence-corrected chi connectivity index (χ4v) is 4.76. The Labute approximate surface area is 171 Å². The molecule has 8 nitrogen and oxygen atoms in total. The molecular formula is C22H21NO7. The second kappa shape index (κ2) is 6.13. The van der Waals surface area contributed by atoms with E-state index in [2.05, 4.69) is 0 Å². The number of aliphatic hydroxyl groups is 2. The number of aromatic hydroxyl groups is 2. The number of rotatable bonds is 1. The number of nitrogens with two attached hydrogens (primary N) is 1. The van der Waals surface area contributed by atoms with Crippen LogP contribution in [-0.2, 0) is 16.0 Å². The standard InChI is InChI=1S/C22H21NO7/c1-7-4-5-10-8(2)11-6-12-16(23)19(27)13(9(3)24)20(28)22(12,30)21(29)15(11)18(26)14(10)17(7)25/h4-5,12,16,25-26,28,30H,6,23H2,1-3H3/t12-,16+,22-/m0/s1. The lowest BCUT2D eigenvalue weighted by atomic mass is 9.61. The SMILES string of the molecule is CC(=O)C1=C(O)[C@]2(O)C(=O)c3c(c(C)c4ccc(C)c(O)c4c3O)C[C@H]2[C@@H](N)C1=O. The largest absolute Gasteiger partial charge is 0.508 e. The summed E-state index contributed by atoms with van der Waals surface area (Å²) < 4.78 is 0. The molecule has 0 radical (unpaired) electrons. The van der Waals surface area contributed by atoms with Crippen LogP contribution >= 0.6 is 0 Å². The molecule has 30 heavy (non-hydrogen) atoms. The van der Waals surface area contributed by atoms with Gasteiger partial charge in [-0.3, -0.25) is 14.4 Å². The number of phenolic OH excluding ortho intramolecular Hbond substituents is 2. The number of hydrogen-bond acceptors (Lipinski definition) is 8. The molecule has 6 N–H and O–H groups in total. The molecule has 0 aliphatic heterocycles. The third-order valence-corrected chi connectivity index (χ3v) is 6.48. The van der Waals surface area contributed by atoms with E-state index in [0.717, 1.165) is 6.92 Å². The van der Waals surface area contributed by atoms with Crippen molar-refractivity contribution in [2.45, 2.75) is 38.8 Å². The average Bonchev–Trinajstić information content (AvgIpc) is 2.68. The molecule has 0 fully saturated rings. The van der Waals surface area contributed by atoms with Gasteiger partial charge in [0.2, 0.25) is 5.78 Å². The molecule has 0 heterocycles. The number of hydrogen-bond donors (Lipinski definition) is 5. The fourth-order valence-electron chi connectivity index (χ4n) is 4.76. The summed E-state index contributed by atoms with van der Waals surface area (Å²) in [4.78, 5) is 37.9. The normalized spacial score (nSPS) is 26.0. The van der Waals surface area contributed by atoms with Crippen molar-refractivity contribution >= 4 is 28.1 Å². The Bertz CT molecular complexity index is 1230. The molecule has 8 heteroatoms.